The lowest BCUT2D eigenvalue weighted by Gasteiger charge is -2.26. The lowest BCUT2D eigenvalue weighted by atomic mass is 9.99. The largest absolute Gasteiger partial charge is 0.493 e. The fraction of sp³-hybridized carbons (Fsp3) is 0.364. The molecule has 0 unspecified atom stereocenters. The molecule has 1 aliphatic rings. The summed E-state index contributed by atoms with van der Waals surface area (Å²) in [5, 5.41) is 2.72. The summed E-state index contributed by atoms with van der Waals surface area (Å²) in [6.07, 6.45) is 0.763. The third kappa shape index (κ3) is 2.03. The molecule has 2 amide bonds. The van der Waals surface area contributed by atoms with E-state index in [9.17, 15) is 4.79 Å². The molecule has 15 heavy (non-hydrogen) atoms. The molecule has 1 atom stereocenters. The van der Waals surface area contributed by atoms with E-state index in [2.05, 4.69) is 5.32 Å². The minimum atomic E-state index is -0.492. The highest BCUT2D eigenvalue weighted by Crippen LogP contribution is 2.32. The standard InChI is InChI=1S/C11H14N2O2/c1-7-2-3-8-9(13-11(12)14)4-5-15-10(8)6-7/h2-3,6,9H,4-5H2,1H3,(H3,12,13,14)/t9-/m1/s1. The molecular formula is C11H14N2O2. The number of amides is 2. The average Bonchev–Trinajstić information content (AvgIpc) is 2.16. The van der Waals surface area contributed by atoms with Crippen LogP contribution in [-0.4, -0.2) is 12.6 Å². The number of urea groups is 1. The number of aryl methyl sites for hydroxylation is 1. The predicted octanol–water partition coefficient (Wildman–Crippen LogP) is 1.49. The summed E-state index contributed by atoms with van der Waals surface area (Å²) in [5.41, 5.74) is 7.27. The molecule has 0 bridgehead atoms. The van der Waals surface area contributed by atoms with Crippen molar-refractivity contribution in [3.8, 4) is 5.75 Å². The van der Waals surface area contributed by atoms with Crippen LogP contribution in [0.3, 0.4) is 0 Å². The van der Waals surface area contributed by atoms with Crippen LogP contribution in [0.5, 0.6) is 5.75 Å². The van der Waals surface area contributed by atoms with Crippen molar-refractivity contribution in [3.63, 3.8) is 0 Å². The van der Waals surface area contributed by atoms with Gasteiger partial charge in [0.25, 0.3) is 0 Å². The van der Waals surface area contributed by atoms with Crippen LogP contribution in [0.4, 0.5) is 4.79 Å². The van der Waals surface area contributed by atoms with Crippen molar-refractivity contribution in [2.75, 3.05) is 6.61 Å². The molecule has 1 aromatic rings. The van der Waals surface area contributed by atoms with Crippen LogP contribution < -0.4 is 15.8 Å². The quantitative estimate of drug-likeness (QED) is 0.731. The fourth-order valence-corrected chi connectivity index (χ4v) is 1.82. The van der Waals surface area contributed by atoms with Crippen LogP contribution in [0, 0.1) is 6.92 Å². The van der Waals surface area contributed by atoms with Crippen molar-refractivity contribution in [1.82, 2.24) is 5.32 Å². The Hall–Kier alpha value is -1.71. The highest BCUT2D eigenvalue weighted by molar-refractivity contribution is 5.72. The maximum Gasteiger partial charge on any atom is 0.312 e. The molecule has 1 aliphatic heterocycles. The lowest BCUT2D eigenvalue weighted by Crippen LogP contribution is -2.35. The molecule has 0 saturated heterocycles. The average molecular weight is 206 g/mol. The van der Waals surface area contributed by atoms with Crippen molar-refractivity contribution >= 4 is 6.03 Å². The Morgan fingerprint density at radius 3 is 3.13 bits per heavy atom. The van der Waals surface area contributed by atoms with Gasteiger partial charge in [0, 0.05) is 12.0 Å². The van der Waals surface area contributed by atoms with Gasteiger partial charge in [-0.25, -0.2) is 4.79 Å². The van der Waals surface area contributed by atoms with Crippen LogP contribution in [-0.2, 0) is 0 Å². The van der Waals surface area contributed by atoms with E-state index < -0.39 is 6.03 Å². The number of carbonyl (C=O) groups excluding carboxylic acids is 1. The molecule has 3 N–H and O–H groups in total. The summed E-state index contributed by atoms with van der Waals surface area (Å²) in [7, 11) is 0. The first-order chi connectivity index (χ1) is 7.16. The maximum absolute atomic E-state index is 10.8. The third-order valence-corrected chi connectivity index (χ3v) is 2.53. The number of fused-ring (bicyclic) bond motifs is 1. The number of hydrogen-bond acceptors (Lipinski definition) is 2. The Balaban J connectivity index is 2.30. The lowest BCUT2D eigenvalue weighted by molar-refractivity contribution is 0.230. The summed E-state index contributed by atoms with van der Waals surface area (Å²) in [6.45, 7) is 2.62. The van der Waals surface area contributed by atoms with Crippen LogP contribution in [0.2, 0.25) is 0 Å². The molecular weight excluding hydrogens is 192 g/mol. The summed E-state index contributed by atoms with van der Waals surface area (Å²) in [6, 6.07) is 5.44. The van der Waals surface area contributed by atoms with E-state index in [0.717, 1.165) is 23.3 Å². The Labute approximate surface area is 88.4 Å². The van der Waals surface area contributed by atoms with E-state index in [0.29, 0.717) is 6.61 Å². The van der Waals surface area contributed by atoms with Crippen LogP contribution in [0.15, 0.2) is 18.2 Å². The Bertz CT molecular complexity index is 390. The summed E-state index contributed by atoms with van der Waals surface area (Å²) >= 11 is 0. The second kappa shape index (κ2) is 3.81. The molecule has 0 aliphatic carbocycles. The van der Waals surface area contributed by atoms with Gasteiger partial charge in [-0.2, -0.15) is 0 Å². The van der Waals surface area contributed by atoms with E-state index in [-0.39, 0.29) is 6.04 Å². The van der Waals surface area contributed by atoms with Crippen LogP contribution in [0.25, 0.3) is 0 Å². The normalized spacial score (nSPS) is 18.9. The molecule has 0 fully saturated rings. The SMILES string of the molecule is Cc1ccc2c(c1)OCC[C@H]2NC(N)=O. The van der Waals surface area contributed by atoms with Gasteiger partial charge in [-0.05, 0) is 18.6 Å². The molecule has 1 heterocycles. The Kier molecular flexibility index (Phi) is 2.49. The molecule has 1 aromatic carbocycles. The number of nitrogens with two attached hydrogens (primary N) is 1. The van der Waals surface area contributed by atoms with E-state index >= 15 is 0 Å². The maximum atomic E-state index is 10.8. The summed E-state index contributed by atoms with van der Waals surface area (Å²) in [5.74, 6) is 0.847. The number of benzene rings is 1. The van der Waals surface area contributed by atoms with Gasteiger partial charge >= 0.3 is 6.03 Å². The van der Waals surface area contributed by atoms with E-state index in [1.807, 2.05) is 25.1 Å². The number of rotatable bonds is 1. The van der Waals surface area contributed by atoms with Crippen molar-refractivity contribution < 1.29 is 9.53 Å². The Morgan fingerprint density at radius 1 is 1.60 bits per heavy atom. The zero-order chi connectivity index (χ0) is 10.8. The molecule has 0 spiro atoms. The minimum absolute atomic E-state index is 0.0214. The molecule has 0 saturated carbocycles. The first-order valence-electron chi connectivity index (χ1n) is 4.96. The van der Waals surface area contributed by atoms with Gasteiger partial charge in [-0.1, -0.05) is 12.1 Å². The first kappa shape index (κ1) is 9.83. The topological polar surface area (TPSA) is 64.3 Å². The fourth-order valence-electron chi connectivity index (χ4n) is 1.82. The van der Waals surface area contributed by atoms with Gasteiger partial charge in [-0.15, -0.1) is 0 Å². The van der Waals surface area contributed by atoms with Gasteiger partial charge in [0.1, 0.15) is 5.75 Å². The van der Waals surface area contributed by atoms with Crippen molar-refractivity contribution in [2.24, 2.45) is 5.73 Å². The highest BCUT2D eigenvalue weighted by Gasteiger charge is 2.21. The second-order valence-corrected chi connectivity index (χ2v) is 3.74. The number of ether oxygens (including phenoxy) is 1. The minimum Gasteiger partial charge on any atom is -0.493 e. The first-order valence-corrected chi connectivity index (χ1v) is 4.96. The van der Waals surface area contributed by atoms with E-state index in [1.54, 1.807) is 0 Å². The molecule has 80 valence electrons. The van der Waals surface area contributed by atoms with Gasteiger partial charge in [-0.3, -0.25) is 0 Å². The highest BCUT2D eigenvalue weighted by atomic mass is 16.5. The molecule has 0 radical (unpaired) electrons. The van der Waals surface area contributed by atoms with Crippen molar-refractivity contribution in [3.05, 3.63) is 29.3 Å². The number of carbonyl (C=O) groups is 1. The van der Waals surface area contributed by atoms with Crippen molar-refractivity contribution in [2.45, 2.75) is 19.4 Å². The smallest absolute Gasteiger partial charge is 0.312 e. The monoisotopic (exact) mass is 206 g/mol. The van der Waals surface area contributed by atoms with E-state index in [4.69, 9.17) is 10.5 Å². The molecule has 4 heteroatoms. The zero-order valence-electron chi connectivity index (χ0n) is 8.62. The summed E-state index contributed by atoms with van der Waals surface area (Å²) < 4.78 is 5.52. The van der Waals surface area contributed by atoms with E-state index in [1.165, 1.54) is 0 Å². The second-order valence-electron chi connectivity index (χ2n) is 3.74. The van der Waals surface area contributed by atoms with Gasteiger partial charge in [0.15, 0.2) is 0 Å². The predicted molar refractivity (Wildman–Crippen MR) is 56.8 cm³/mol. The van der Waals surface area contributed by atoms with Gasteiger partial charge in [0.05, 0.1) is 12.6 Å². The van der Waals surface area contributed by atoms with Gasteiger partial charge < -0.3 is 15.8 Å². The van der Waals surface area contributed by atoms with Crippen LogP contribution in [0.1, 0.15) is 23.6 Å². The number of hydrogen-bond donors (Lipinski definition) is 2. The summed E-state index contributed by atoms with van der Waals surface area (Å²) in [4.78, 5) is 10.8. The number of primary amides is 1. The van der Waals surface area contributed by atoms with Gasteiger partial charge in [0.2, 0.25) is 0 Å². The van der Waals surface area contributed by atoms with Crippen LogP contribution >= 0.6 is 0 Å². The number of nitrogens with one attached hydrogen (secondary N) is 1. The Morgan fingerprint density at radius 2 is 2.40 bits per heavy atom. The zero-order valence-corrected chi connectivity index (χ0v) is 8.62. The molecule has 0 aromatic heterocycles. The van der Waals surface area contributed by atoms with Crippen molar-refractivity contribution in [1.29, 1.82) is 0 Å². The third-order valence-electron chi connectivity index (χ3n) is 2.53. The molecule has 4 nitrogen and oxygen atoms in total. The molecule has 2 rings (SSSR count).